The monoisotopic (exact) mass is 1140 g/mol. The van der Waals surface area contributed by atoms with Crippen molar-refractivity contribution in [3.05, 3.63) is 200 Å². The molecule has 2 aromatic heterocycles. The molecular weight excluding hydrogens is 1110 g/mol. The molecule has 0 N–H and O–H groups in total. The number of hydrogen-bond donors (Lipinski definition) is 0. The van der Waals surface area contributed by atoms with Gasteiger partial charge in [0, 0.05) is 19.3 Å². The number of hydrogen-bond acceptors (Lipinski definition) is 5. The Morgan fingerprint density at radius 3 is 0.947 bits per heavy atom. The molecule has 7 rings (SSSR count). The summed E-state index contributed by atoms with van der Waals surface area (Å²) >= 11 is 0. The van der Waals surface area contributed by atoms with Crippen LogP contribution >= 0.6 is 0 Å². The molecule has 0 bridgehead atoms. The summed E-state index contributed by atoms with van der Waals surface area (Å²) in [5, 5.41) is 7.32. The molecule has 405 valence electrons. The Balaban J connectivity index is 0.000000342. The Kier molecular flexibility index (Phi) is 19.4. The van der Waals surface area contributed by atoms with E-state index in [2.05, 4.69) is 53.8 Å². The molecule has 0 amide bonds. The molecule has 5 nitrogen and oxygen atoms in total. The van der Waals surface area contributed by atoms with E-state index in [0.29, 0.717) is 13.1 Å². The predicted octanol–water partition coefficient (Wildman–Crippen LogP) is 11.4. The van der Waals surface area contributed by atoms with E-state index in [9.17, 15) is 52.7 Å². The van der Waals surface area contributed by atoms with Gasteiger partial charge in [-0.3, -0.25) is 9.97 Å². The zero-order valence-electron chi connectivity index (χ0n) is 38.9. The SMILES string of the molecule is CC#N.COc1ccc(C(C)(C)C)cc1N(Cc1ccccn1)Cc1ccccn1.Fc1c(F)c(F)c([B-](c2c(F)c(F)c(F)c(F)c2F)(c2c(F)c(F)c(F)c(F)c2F)c2c(F)c(F)c(F)c(F)c2F)c(F)c1F.[Cu+2]. The first kappa shape index (κ1) is 61.2. The van der Waals surface area contributed by atoms with Crippen molar-refractivity contribution < 1.29 is 110 Å². The van der Waals surface area contributed by atoms with Gasteiger partial charge in [0.2, 0.25) is 0 Å². The summed E-state index contributed by atoms with van der Waals surface area (Å²) in [7, 11) is 1.72. The van der Waals surface area contributed by atoms with Crippen molar-refractivity contribution in [1.29, 1.82) is 5.26 Å². The van der Waals surface area contributed by atoms with Crippen LogP contribution in [0.2, 0.25) is 0 Å². The minimum Gasteiger partial charge on any atom is -0.495 e. The number of pyridine rings is 2. The van der Waals surface area contributed by atoms with E-state index >= 15 is 35.1 Å². The predicted molar refractivity (Wildman–Crippen MR) is 231 cm³/mol. The van der Waals surface area contributed by atoms with Gasteiger partial charge in [0.15, 0.2) is 69.8 Å². The van der Waals surface area contributed by atoms with E-state index in [1.54, 1.807) is 13.2 Å². The third-order valence-corrected chi connectivity index (χ3v) is 11.3. The second kappa shape index (κ2) is 24.1. The van der Waals surface area contributed by atoms with Gasteiger partial charge in [-0.1, -0.05) is 39.0 Å². The van der Waals surface area contributed by atoms with Crippen LogP contribution in [0.15, 0.2) is 67.0 Å². The fraction of sp³-hybridized carbons (Fsp3) is 0.163. The van der Waals surface area contributed by atoms with Gasteiger partial charge < -0.3 is 9.64 Å². The normalized spacial score (nSPS) is 11.2. The Labute approximate surface area is 427 Å². The molecule has 0 atom stereocenters. The number of benzene rings is 5. The Hall–Kier alpha value is -7.33. The summed E-state index contributed by atoms with van der Waals surface area (Å²) < 4.78 is 300. The van der Waals surface area contributed by atoms with E-state index in [-0.39, 0.29) is 22.5 Å². The van der Waals surface area contributed by atoms with Crippen molar-refractivity contribution in [3.63, 3.8) is 0 Å². The molecule has 5 aromatic carbocycles. The minimum atomic E-state index is -7.22. The van der Waals surface area contributed by atoms with Crippen molar-refractivity contribution in [3.8, 4) is 11.8 Å². The molecule has 27 heteroatoms. The topological polar surface area (TPSA) is 62.0 Å². The van der Waals surface area contributed by atoms with Crippen molar-refractivity contribution >= 4 is 33.7 Å². The first-order chi connectivity index (χ1) is 35.1. The molecule has 76 heavy (non-hydrogen) atoms. The molecule has 0 spiro atoms. The maximum absolute atomic E-state index is 15.4. The molecular formula is C49H30BCuF20N4O+. The number of nitrogens with zero attached hydrogens (tertiary/aromatic N) is 4. The largest absolute Gasteiger partial charge is 2.00 e. The van der Waals surface area contributed by atoms with Crippen LogP contribution in [0.3, 0.4) is 0 Å². The molecule has 0 aliphatic rings. The van der Waals surface area contributed by atoms with Crippen molar-refractivity contribution in [1.82, 2.24) is 9.97 Å². The second-order valence-electron chi connectivity index (χ2n) is 16.7. The smallest absolute Gasteiger partial charge is 0.495 e. The van der Waals surface area contributed by atoms with Crippen LogP contribution < -0.4 is 31.5 Å². The van der Waals surface area contributed by atoms with Gasteiger partial charge in [-0.05, 0) is 47.4 Å². The molecule has 1 radical (unpaired) electrons. The van der Waals surface area contributed by atoms with Gasteiger partial charge in [-0.25, -0.2) is 87.8 Å². The van der Waals surface area contributed by atoms with Crippen LogP contribution in [-0.4, -0.2) is 23.2 Å². The third-order valence-electron chi connectivity index (χ3n) is 11.3. The Morgan fingerprint density at radius 2 is 0.724 bits per heavy atom. The van der Waals surface area contributed by atoms with Crippen LogP contribution in [0.1, 0.15) is 44.6 Å². The molecule has 0 fully saturated rings. The fourth-order valence-corrected chi connectivity index (χ4v) is 7.88. The summed E-state index contributed by atoms with van der Waals surface area (Å²) in [6.07, 6.45) is -3.56. The first-order valence-electron chi connectivity index (χ1n) is 20.9. The van der Waals surface area contributed by atoms with Crippen molar-refractivity contribution in [2.24, 2.45) is 0 Å². The number of nitriles is 1. The van der Waals surface area contributed by atoms with E-state index < -0.39 is 144 Å². The summed E-state index contributed by atoms with van der Waals surface area (Å²) in [6.45, 7) is 9.46. The molecule has 2 heterocycles. The summed E-state index contributed by atoms with van der Waals surface area (Å²) in [4.78, 5) is 11.3. The quantitative estimate of drug-likeness (QED) is 0.0591. The number of ether oxygens (including phenoxy) is 1. The van der Waals surface area contributed by atoms with Gasteiger partial charge >= 0.3 is 17.1 Å². The molecule has 0 unspecified atom stereocenters. The van der Waals surface area contributed by atoms with Gasteiger partial charge in [-0.15, -0.1) is 21.9 Å². The molecule has 0 saturated heterocycles. The van der Waals surface area contributed by atoms with Crippen molar-refractivity contribution in [2.45, 2.75) is 46.2 Å². The van der Waals surface area contributed by atoms with E-state index in [0.717, 1.165) is 22.8 Å². The zero-order valence-corrected chi connectivity index (χ0v) is 39.8. The Bertz CT molecular complexity index is 2920. The maximum Gasteiger partial charge on any atom is 2.00 e. The molecule has 0 aliphatic carbocycles. The maximum atomic E-state index is 15.4. The zero-order chi connectivity index (χ0) is 56.3. The Morgan fingerprint density at radius 1 is 0.461 bits per heavy atom. The number of anilines is 1. The molecule has 0 aliphatic heterocycles. The minimum absolute atomic E-state index is 0. The number of methoxy groups -OCH3 is 1. The average Bonchev–Trinajstić information content (AvgIpc) is 3.38. The molecule has 7 aromatic rings. The van der Waals surface area contributed by atoms with Gasteiger partial charge in [-0.2, -0.15) is 5.26 Å². The third kappa shape index (κ3) is 11.0. The molecule has 0 saturated carbocycles. The number of rotatable bonds is 10. The first-order valence-corrected chi connectivity index (χ1v) is 20.9. The summed E-state index contributed by atoms with van der Waals surface area (Å²) in [5.74, 6) is -70.5. The summed E-state index contributed by atoms with van der Waals surface area (Å²) in [6, 6.07) is 20.2. The van der Waals surface area contributed by atoms with Crippen LogP contribution in [0.5, 0.6) is 5.75 Å². The van der Waals surface area contributed by atoms with E-state index in [4.69, 9.17) is 10.00 Å². The van der Waals surface area contributed by atoms with Gasteiger partial charge in [0.05, 0.1) is 43.3 Å². The van der Waals surface area contributed by atoms with Gasteiger partial charge in [0.1, 0.15) is 58.4 Å². The van der Waals surface area contributed by atoms with Gasteiger partial charge in [0.25, 0.3) is 0 Å². The van der Waals surface area contributed by atoms with E-state index in [1.807, 2.05) is 48.8 Å². The van der Waals surface area contributed by atoms with Crippen LogP contribution in [-0.2, 0) is 35.6 Å². The summed E-state index contributed by atoms with van der Waals surface area (Å²) in [5.41, 5.74) is -9.92. The van der Waals surface area contributed by atoms with Crippen LogP contribution in [0, 0.1) is 128 Å². The number of aromatic nitrogens is 2. The standard InChI is InChI=1S/C24BF20.C23H27N3O.C2H3N.Cu/c26-5-1(6(27)14(35)21(42)13(5)34)25(2-7(28)15(36)22(43)16(37)8(2)29,3-9(30)17(38)23(44)18(39)10(3)31)4-11(32)19(40)24(45)20(41)12(4)33;1-23(2,3)18-11-12-22(27-4)21(15-18)26(16-19-9-5-7-13-24-19)17-20-10-6-8-14-25-20;1-2-3;/h;5-15H,16-17H2,1-4H3;1H3;/q-1;;;+2. The second-order valence-corrected chi connectivity index (χ2v) is 16.7. The fourth-order valence-electron chi connectivity index (χ4n) is 7.88. The van der Waals surface area contributed by atoms with E-state index in [1.165, 1.54) is 12.5 Å². The van der Waals surface area contributed by atoms with Crippen LogP contribution in [0.25, 0.3) is 0 Å². The average molecular weight is 1150 g/mol. The number of halogens is 20. The van der Waals surface area contributed by atoms with Crippen LogP contribution in [0.4, 0.5) is 93.5 Å². The van der Waals surface area contributed by atoms with Crippen molar-refractivity contribution in [2.75, 3.05) is 12.0 Å².